The maximum absolute atomic E-state index is 13.3. The van der Waals surface area contributed by atoms with Gasteiger partial charge in [0.15, 0.2) is 11.0 Å². The van der Waals surface area contributed by atoms with E-state index in [0.717, 1.165) is 16.8 Å². The minimum Gasteiger partial charge on any atom is -0.477 e. The highest BCUT2D eigenvalue weighted by molar-refractivity contribution is 6.29. The number of pyridine rings is 2. The van der Waals surface area contributed by atoms with Crippen LogP contribution in [-0.2, 0) is 6.54 Å². The Morgan fingerprint density at radius 1 is 1.53 bits per heavy atom. The molecule has 0 atom stereocenters. The molecule has 19 heavy (non-hydrogen) atoms. The van der Waals surface area contributed by atoms with Crippen LogP contribution >= 0.6 is 11.6 Å². The molecule has 1 N–H and O–H groups in total. The van der Waals surface area contributed by atoms with Crippen molar-refractivity contribution in [3.63, 3.8) is 0 Å². The molecule has 0 radical (unpaired) electrons. The number of hydrogen-bond acceptors (Lipinski definition) is 3. The van der Waals surface area contributed by atoms with E-state index in [1.54, 1.807) is 0 Å². The number of halogens is 3. The van der Waals surface area contributed by atoms with Crippen molar-refractivity contribution in [2.75, 3.05) is 6.67 Å². The van der Waals surface area contributed by atoms with Crippen LogP contribution in [0.1, 0.15) is 10.4 Å². The molecule has 0 saturated carbocycles. The molecule has 100 valence electrons. The van der Waals surface area contributed by atoms with Gasteiger partial charge in [-0.25, -0.2) is 18.6 Å². The van der Waals surface area contributed by atoms with Crippen LogP contribution in [0, 0.1) is 5.82 Å². The minimum atomic E-state index is -1.48. The lowest BCUT2D eigenvalue weighted by Crippen LogP contribution is -2.20. The number of nitrogens with zero attached hydrogens (tertiary/aromatic N) is 2. The van der Waals surface area contributed by atoms with Crippen LogP contribution in [0.5, 0.6) is 0 Å². The Morgan fingerprint density at radius 2 is 2.21 bits per heavy atom. The summed E-state index contributed by atoms with van der Waals surface area (Å²) in [6.07, 6.45) is 0.966. The average molecular weight is 289 g/mol. The number of rotatable bonds is 3. The monoisotopic (exact) mass is 288 g/mol. The Morgan fingerprint density at radius 3 is 2.79 bits per heavy atom. The van der Waals surface area contributed by atoms with Gasteiger partial charge >= 0.3 is 5.97 Å². The van der Waals surface area contributed by atoms with Gasteiger partial charge in [-0.3, -0.25) is 4.79 Å². The van der Waals surface area contributed by atoms with Gasteiger partial charge in [-0.05, 0) is 6.07 Å². The molecule has 2 aromatic rings. The second-order valence-electron chi connectivity index (χ2n) is 3.69. The van der Waals surface area contributed by atoms with Crippen LogP contribution in [0.3, 0.4) is 0 Å². The number of aryl methyl sites for hydroxylation is 1. The number of carbonyl (C=O) groups is 1. The van der Waals surface area contributed by atoms with Gasteiger partial charge in [-0.1, -0.05) is 11.6 Å². The molecule has 2 heterocycles. The van der Waals surface area contributed by atoms with Crippen LogP contribution in [0.15, 0.2) is 17.1 Å². The van der Waals surface area contributed by atoms with Gasteiger partial charge in [0.2, 0.25) is 5.43 Å². The highest BCUT2D eigenvalue weighted by Gasteiger charge is 2.17. The zero-order chi connectivity index (χ0) is 14.2. The predicted octanol–water partition coefficient (Wildman–Crippen LogP) is 1.86. The fraction of sp³-hybridized carbons (Fsp3) is 0.182. The van der Waals surface area contributed by atoms with E-state index < -0.39 is 34.6 Å². The van der Waals surface area contributed by atoms with Crippen molar-refractivity contribution in [3.05, 3.63) is 39.0 Å². The van der Waals surface area contributed by atoms with Crippen LogP contribution in [0.25, 0.3) is 11.0 Å². The smallest absolute Gasteiger partial charge is 0.341 e. The second kappa shape index (κ2) is 4.93. The summed E-state index contributed by atoms with van der Waals surface area (Å²) >= 11 is 5.50. The Balaban J connectivity index is 2.92. The largest absolute Gasteiger partial charge is 0.477 e. The third-order valence-corrected chi connectivity index (χ3v) is 2.78. The fourth-order valence-electron chi connectivity index (χ4n) is 1.68. The highest BCUT2D eigenvalue weighted by atomic mass is 35.5. The SMILES string of the molecule is O=C(O)c1cn(CCF)c2nc(Cl)c(F)cc2c1=O. The second-order valence-corrected chi connectivity index (χ2v) is 4.05. The summed E-state index contributed by atoms with van der Waals surface area (Å²) in [4.78, 5) is 26.4. The van der Waals surface area contributed by atoms with Gasteiger partial charge in [-0.2, -0.15) is 0 Å². The third kappa shape index (κ3) is 2.28. The molecule has 0 saturated heterocycles. The van der Waals surface area contributed by atoms with E-state index in [-0.39, 0.29) is 17.6 Å². The molecule has 0 aliphatic rings. The van der Waals surface area contributed by atoms with Crippen LogP contribution < -0.4 is 5.43 Å². The van der Waals surface area contributed by atoms with E-state index in [4.69, 9.17) is 16.7 Å². The van der Waals surface area contributed by atoms with E-state index in [0.29, 0.717) is 0 Å². The summed E-state index contributed by atoms with van der Waals surface area (Å²) in [5.41, 5.74) is -1.52. The number of fused-ring (bicyclic) bond motifs is 1. The number of carboxylic acid groups (broad SMARTS) is 1. The zero-order valence-electron chi connectivity index (χ0n) is 9.36. The first-order valence-corrected chi connectivity index (χ1v) is 5.52. The van der Waals surface area contributed by atoms with Gasteiger partial charge in [0.1, 0.15) is 17.9 Å². The highest BCUT2D eigenvalue weighted by Crippen LogP contribution is 2.17. The molecule has 0 amide bonds. The van der Waals surface area contributed by atoms with E-state index in [2.05, 4.69) is 4.98 Å². The van der Waals surface area contributed by atoms with E-state index >= 15 is 0 Å². The standard InChI is InChI=1S/C11H7ClF2N2O3/c12-9-7(14)3-5-8(17)6(11(18)19)4-16(2-1-13)10(5)15-9/h3-4H,1-2H2,(H,18,19). The maximum Gasteiger partial charge on any atom is 0.341 e. The van der Waals surface area contributed by atoms with Gasteiger partial charge in [0.05, 0.1) is 11.9 Å². The van der Waals surface area contributed by atoms with E-state index in [1.807, 2.05) is 0 Å². The molecule has 0 aromatic carbocycles. The zero-order valence-corrected chi connectivity index (χ0v) is 10.1. The summed E-state index contributed by atoms with van der Waals surface area (Å²) in [5.74, 6) is -2.42. The Hall–Kier alpha value is -2.02. The molecule has 0 bridgehead atoms. The number of alkyl halides is 1. The average Bonchev–Trinajstić information content (AvgIpc) is 2.35. The summed E-state index contributed by atoms with van der Waals surface area (Å²) in [7, 11) is 0. The van der Waals surface area contributed by atoms with E-state index in [1.165, 1.54) is 0 Å². The Bertz CT molecular complexity index is 730. The van der Waals surface area contributed by atoms with Crippen molar-refractivity contribution in [2.45, 2.75) is 6.54 Å². The van der Waals surface area contributed by atoms with Crippen molar-refractivity contribution in [1.29, 1.82) is 0 Å². The van der Waals surface area contributed by atoms with Gasteiger partial charge in [0, 0.05) is 6.20 Å². The molecule has 0 spiro atoms. The fourth-order valence-corrected chi connectivity index (χ4v) is 1.81. The molecule has 0 fully saturated rings. The lowest BCUT2D eigenvalue weighted by molar-refractivity contribution is 0.0694. The summed E-state index contributed by atoms with van der Waals surface area (Å²) in [6.45, 7) is -1.01. The Kier molecular flexibility index (Phi) is 3.48. The first-order valence-electron chi connectivity index (χ1n) is 5.14. The molecule has 0 unspecified atom stereocenters. The third-order valence-electron chi connectivity index (χ3n) is 2.52. The number of aromatic carboxylic acids is 1. The van der Waals surface area contributed by atoms with Crippen molar-refractivity contribution in [3.8, 4) is 0 Å². The minimum absolute atomic E-state index is 0.0564. The first kappa shape index (κ1) is 13.4. The van der Waals surface area contributed by atoms with Gasteiger partial charge < -0.3 is 9.67 Å². The number of hydrogen-bond donors (Lipinski definition) is 1. The van der Waals surface area contributed by atoms with Crippen molar-refractivity contribution in [2.24, 2.45) is 0 Å². The first-order chi connectivity index (χ1) is 8.95. The van der Waals surface area contributed by atoms with Gasteiger partial charge in [0.25, 0.3) is 0 Å². The molecule has 2 aromatic heterocycles. The Labute approximate surface area is 110 Å². The molecule has 0 aliphatic heterocycles. The van der Waals surface area contributed by atoms with E-state index in [9.17, 15) is 18.4 Å². The molecule has 0 aliphatic carbocycles. The quantitative estimate of drug-likeness (QED) is 0.875. The van der Waals surface area contributed by atoms with Crippen LogP contribution in [-0.4, -0.2) is 27.3 Å². The summed E-state index contributed by atoms with van der Waals surface area (Å²) < 4.78 is 26.9. The maximum atomic E-state index is 13.3. The van der Waals surface area contributed by atoms with Gasteiger partial charge in [-0.15, -0.1) is 0 Å². The summed E-state index contributed by atoms with van der Waals surface area (Å²) in [5, 5.41) is 8.17. The number of carboxylic acids is 1. The predicted molar refractivity (Wildman–Crippen MR) is 63.9 cm³/mol. The summed E-state index contributed by atoms with van der Waals surface area (Å²) in [6, 6.07) is 0.800. The lowest BCUT2D eigenvalue weighted by atomic mass is 10.2. The molecule has 8 heteroatoms. The van der Waals surface area contributed by atoms with Crippen LogP contribution in [0.4, 0.5) is 8.78 Å². The topological polar surface area (TPSA) is 72.2 Å². The molecule has 5 nitrogen and oxygen atoms in total. The van der Waals surface area contributed by atoms with Crippen molar-refractivity contribution in [1.82, 2.24) is 9.55 Å². The van der Waals surface area contributed by atoms with Crippen molar-refractivity contribution < 1.29 is 18.7 Å². The molecular weight excluding hydrogens is 282 g/mol. The normalized spacial score (nSPS) is 10.9. The van der Waals surface area contributed by atoms with Crippen LogP contribution in [0.2, 0.25) is 5.15 Å². The molecular formula is C11H7ClF2N2O3. The number of aromatic nitrogens is 2. The lowest BCUT2D eigenvalue weighted by Gasteiger charge is -2.10. The molecule has 2 rings (SSSR count). The van der Waals surface area contributed by atoms with Crippen molar-refractivity contribution >= 4 is 28.6 Å².